The van der Waals surface area contributed by atoms with Gasteiger partial charge in [0.15, 0.2) is 0 Å². The number of ether oxygens (including phenoxy) is 1. The van der Waals surface area contributed by atoms with E-state index in [1.54, 1.807) is 23.1 Å². The third kappa shape index (κ3) is 2.71. The van der Waals surface area contributed by atoms with Gasteiger partial charge in [0.25, 0.3) is 10.0 Å². The molecule has 8 heteroatoms. The zero-order valence-electron chi connectivity index (χ0n) is 12.2. The Morgan fingerprint density at radius 2 is 2.18 bits per heavy atom. The van der Waals surface area contributed by atoms with E-state index in [2.05, 4.69) is 4.99 Å². The van der Waals surface area contributed by atoms with Gasteiger partial charge >= 0.3 is 0 Å². The van der Waals surface area contributed by atoms with Crippen molar-refractivity contribution in [3.05, 3.63) is 24.3 Å². The summed E-state index contributed by atoms with van der Waals surface area (Å²) in [5.74, 6) is -0.246. The van der Waals surface area contributed by atoms with Crippen LogP contribution >= 0.6 is 0 Å². The summed E-state index contributed by atoms with van der Waals surface area (Å²) in [6.45, 7) is 3.06. The van der Waals surface area contributed by atoms with Crippen molar-refractivity contribution in [3.63, 3.8) is 0 Å². The number of carbonyl (C=O) groups excluding carboxylic acids is 1. The molecule has 0 N–H and O–H groups in total. The van der Waals surface area contributed by atoms with Crippen LogP contribution in [0.3, 0.4) is 0 Å². The zero-order valence-corrected chi connectivity index (χ0v) is 13.0. The van der Waals surface area contributed by atoms with E-state index in [0.717, 1.165) is 4.31 Å². The lowest BCUT2D eigenvalue weighted by atomic mass is 10.3. The monoisotopic (exact) mass is 323 g/mol. The number of para-hydroxylation sites is 1. The molecule has 1 aromatic rings. The van der Waals surface area contributed by atoms with Gasteiger partial charge in [0.1, 0.15) is 17.8 Å². The van der Waals surface area contributed by atoms with Crippen LogP contribution in [0, 0.1) is 0 Å². The first kappa shape index (κ1) is 15.0. The van der Waals surface area contributed by atoms with Gasteiger partial charge < -0.3 is 9.64 Å². The Bertz CT molecular complexity index is 717. The van der Waals surface area contributed by atoms with Crippen LogP contribution < -0.4 is 0 Å². The van der Waals surface area contributed by atoms with Crippen LogP contribution in [0.1, 0.15) is 6.92 Å². The third-order valence-electron chi connectivity index (χ3n) is 3.66. The minimum atomic E-state index is -3.72. The minimum Gasteiger partial charge on any atom is -0.375 e. The topological polar surface area (TPSA) is 79.3 Å². The molecule has 22 heavy (non-hydrogen) atoms. The van der Waals surface area contributed by atoms with Crippen LogP contribution in [0.15, 0.2) is 34.2 Å². The average Bonchev–Trinajstić information content (AvgIpc) is 2.50. The maximum Gasteiger partial charge on any atom is 0.267 e. The van der Waals surface area contributed by atoms with Crippen molar-refractivity contribution in [2.75, 3.05) is 26.2 Å². The molecule has 1 saturated heterocycles. The quantitative estimate of drug-likeness (QED) is 0.798. The fourth-order valence-electron chi connectivity index (χ4n) is 2.50. The lowest BCUT2D eigenvalue weighted by molar-refractivity contribution is -0.137. The predicted molar refractivity (Wildman–Crippen MR) is 80.5 cm³/mol. The molecular formula is C14H17N3O4S. The van der Waals surface area contributed by atoms with Crippen molar-refractivity contribution in [3.8, 4) is 0 Å². The molecule has 0 radical (unpaired) electrons. The van der Waals surface area contributed by atoms with E-state index in [-0.39, 0.29) is 23.5 Å². The van der Waals surface area contributed by atoms with Crippen LogP contribution in [0.2, 0.25) is 0 Å². The highest BCUT2D eigenvalue weighted by Crippen LogP contribution is 2.29. The average molecular weight is 323 g/mol. The molecule has 1 aromatic carbocycles. The summed E-state index contributed by atoms with van der Waals surface area (Å²) in [6, 6.07) is 6.49. The molecule has 0 bridgehead atoms. The van der Waals surface area contributed by atoms with E-state index in [0.29, 0.717) is 25.4 Å². The Kier molecular flexibility index (Phi) is 3.88. The predicted octanol–water partition coefficient (Wildman–Crippen LogP) is 0.598. The number of hydrogen-bond donors (Lipinski definition) is 0. The van der Waals surface area contributed by atoms with Crippen LogP contribution in [0.4, 0.5) is 5.69 Å². The molecule has 1 amide bonds. The van der Waals surface area contributed by atoms with Crippen molar-refractivity contribution >= 4 is 28.0 Å². The van der Waals surface area contributed by atoms with Gasteiger partial charge in [-0.05, 0) is 19.1 Å². The highest BCUT2D eigenvalue weighted by atomic mass is 32.2. The summed E-state index contributed by atoms with van der Waals surface area (Å²) < 4.78 is 31.4. The summed E-state index contributed by atoms with van der Waals surface area (Å²) in [7, 11) is -3.72. The molecule has 7 nitrogen and oxygen atoms in total. The van der Waals surface area contributed by atoms with Gasteiger partial charge in [-0.15, -0.1) is 0 Å². The van der Waals surface area contributed by atoms with Gasteiger partial charge in [-0.1, -0.05) is 12.1 Å². The number of nitrogens with zero attached hydrogens (tertiary/aromatic N) is 3. The summed E-state index contributed by atoms with van der Waals surface area (Å²) in [6.07, 6.45) is 1.17. The van der Waals surface area contributed by atoms with Crippen LogP contribution in [0.5, 0.6) is 0 Å². The second-order valence-corrected chi connectivity index (χ2v) is 7.14. The second-order valence-electron chi connectivity index (χ2n) is 5.28. The first-order valence-electron chi connectivity index (χ1n) is 7.03. The number of aliphatic imine (C=N–C) groups is 1. The Labute approximate surface area is 129 Å². The zero-order chi connectivity index (χ0) is 15.7. The molecule has 0 spiro atoms. The second kappa shape index (κ2) is 5.69. The van der Waals surface area contributed by atoms with Crippen LogP contribution in [0.25, 0.3) is 0 Å². The minimum absolute atomic E-state index is 0.0370. The van der Waals surface area contributed by atoms with Crippen molar-refractivity contribution in [1.29, 1.82) is 0 Å². The van der Waals surface area contributed by atoms with E-state index >= 15 is 0 Å². The van der Waals surface area contributed by atoms with Gasteiger partial charge in [-0.3, -0.25) is 4.79 Å². The fourth-order valence-corrected chi connectivity index (χ4v) is 3.84. The van der Waals surface area contributed by atoms with Gasteiger partial charge in [0.05, 0.1) is 18.4 Å². The summed E-state index contributed by atoms with van der Waals surface area (Å²) >= 11 is 0. The largest absolute Gasteiger partial charge is 0.375 e. The molecule has 0 aromatic heterocycles. The number of hydrogen-bond acceptors (Lipinski definition) is 5. The van der Waals surface area contributed by atoms with Gasteiger partial charge in [0.2, 0.25) is 5.91 Å². The molecule has 1 fully saturated rings. The van der Waals surface area contributed by atoms with E-state index in [4.69, 9.17) is 4.74 Å². The number of rotatable bonds is 2. The number of carbonyl (C=O) groups is 1. The summed E-state index contributed by atoms with van der Waals surface area (Å²) in [4.78, 5) is 18.2. The normalized spacial score (nSPS) is 23.2. The Hall–Kier alpha value is -1.93. The first-order chi connectivity index (χ1) is 10.5. The molecule has 0 saturated carbocycles. The van der Waals surface area contributed by atoms with Crippen LogP contribution in [-0.2, 0) is 19.6 Å². The lowest BCUT2D eigenvalue weighted by Crippen LogP contribution is -2.49. The Morgan fingerprint density at radius 3 is 2.95 bits per heavy atom. The number of sulfonamides is 1. The van der Waals surface area contributed by atoms with Gasteiger partial charge in [-0.2, -0.15) is 0 Å². The van der Waals surface area contributed by atoms with E-state index in [1.807, 2.05) is 6.92 Å². The van der Waals surface area contributed by atoms with E-state index in [1.165, 1.54) is 12.4 Å². The molecule has 2 heterocycles. The maximum absolute atomic E-state index is 12.5. The van der Waals surface area contributed by atoms with E-state index in [9.17, 15) is 13.2 Å². The highest BCUT2D eigenvalue weighted by molar-refractivity contribution is 7.89. The van der Waals surface area contributed by atoms with Crippen molar-refractivity contribution in [2.24, 2.45) is 4.99 Å². The number of morpholine rings is 1. The maximum atomic E-state index is 12.5. The SMILES string of the molecule is CC1CN(C(=O)CN2C=Nc3ccccc3S2(=O)=O)CCO1. The molecule has 2 aliphatic rings. The smallest absolute Gasteiger partial charge is 0.267 e. The Morgan fingerprint density at radius 1 is 1.41 bits per heavy atom. The highest BCUT2D eigenvalue weighted by Gasteiger charge is 2.31. The third-order valence-corrected chi connectivity index (χ3v) is 5.40. The molecule has 0 aliphatic carbocycles. The molecular weight excluding hydrogens is 306 g/mol. The molecule has 3 rings (SSSR count). The van der Waals surface area contributed by atoms with Gasteiger partial charge in [0, 0.05) is 13.1 Å². The van der Waals surface area contributed by atoms with Crippen molar-refractivity contribution in [1.82, 2.24) is 9.21 Å². The first-order valence-corrected chi connectivity index (χ1v) is 8.47. The molecule has 1 unspecified atom stereocenters. The van der Waals surface area contributed by atoms with Gasteiger partial charge in [-0.25, -0.2) is 17.7 Å². The van der Waals surface area contributed by atoms with Crippen LogP contribution in [-0.4, -0.2) is 62.2 Å². The molecule has 118 valence electrons. The summed E-state index contributed by atoms with van der Waals surface area (Å²) in [5, 5.41) is 0. The Balaban J connectivity index is 1.78. The molecule has 2 aliphatic heterocycles. The summed E-state index contributed by atoms with van der Waals surface area (Å²) in [5.41, 5.74) is 0.395. The fraction of sp³-hybridized carbons (Fsp3) is 0.429. The van der Waals surface area contributed by atoms with Crippen molar-refractivity contribution < 1.29 is 17.9 Å². The van der Waals surface area contributed by atoms with E-state index < -0.39 is 10.0 Å². The number of fused-ring (bicyclic) bond motifs is 1. The number of amides is 1. The van der Waals surface area contributed by atoms with Crippen molar-refractivity contribution in [2.45, 2.75) is 17.9 Å². The molecule has 1 atom stereocenters. The standard InChI is InChI=1S/C14H17N3O4S/c1-11-8-16(6-7-21-11)14(18)9-17-10-15-12-4-2-3-5-13(12)22(17,19)20/h2-5,10-11H,6-9H2,1H3. The lowest BCUT2D eigenvalue weighted by Gasteiger charge is -2.33. The number of benzene rings is 1.